The van der Waals surface area contributed by atoms with Gasteiger partial charge in [0.25, 0.3) is 0 Å². The number of aliphatic hydroxyl groups is 1. The van der Waals surface area contributed by atoms with E-state index in [9.17, 15) is 18.3 Å². The van der Waals surface area contributed by atoms with Gasteiger partial charge in [-0.1, -0.05) is 37.3 Å². The maximum atomic E-state index is 13.2. The molecule has 0 amide bonds. The Bertz CT molecular complexity index is 970. The van der Waals surface area contributed by atoms with E-state index in [4.69, 9.17) is 9.47 Å². The average molecular weight is 462 g/mol. The molecule has 0 fully saturated rings. The first kappa shape index (κ1) is 24.7. The maximum absolute atomic E-state index is 13.2. The summed E-state index contributed by atoms with van der Waals surface area (Å²) in [5, 5.41) is 9.81. The normalized spacial score (nSPS) is 17.3. The lowest BCUT2D eigenvalue weighted by atomic mass is 9.95. The Balaban J connectivity index is 1.86. The molecule has 0 heterocycles. The molecule has 7 heteroatoms. The van der Waals surface area contributed by atoms with Crippen LogP contribution in [0.15, 0.2) is 78.1 Å². The first-order valence-corrected chi connectivity index (χ1v) is 11.0. The molecule has 0 saturated heterocycles. The molecule has 1 N–H and O–H groups in total. The van der Waals surface area contributed by atoms with Crippen molar-refractivity contribution in [3.63, 3.8) is 0 Å². The van der Waals surface area contributed by atoms with Gasteiger partial charge in [0.1, 0.15) is 11.5 Å². The number of ether oxygens (including phenoxy) is 2. The van der Waals surface area contributed by atoms with Gasteiger partial charge in [-0.15, -0.1) is 0 Å². The summed E-state index contributed by atoms with van der Waals surface area (Å²) in [6, 6.07) is 16.0. The second-order valence-corrected chi connectivity index (χ2v) is 8.48. The number of aliphatic hydroxyl groups excluding tert-OH is 1. The fourth-order valence-electron chi connectivity index (χ4n) is 3.52. The van der Waals surface area contributed by atoms with E-state index in [-0.39, 0.29) is 18.6 Å². The van der Waals surface area contributed by atoms with Gasteiger partial charge in [-0.2, -0.15) is 13.2 Å². The number of alkyl halides is 3. The molecule has 2 unspecified atom stereocenters. The number of allylic oxidation sites excluding steroid dienone is 2. The molecule has 2 aromatic rings. The number of halogens is 3. The summed E-state index contributed by atoms with van der Waals surface area (Å²) >= 11 is 0. The van der Waals surface area contributed by atoms with E-state index >= 15 is 0 Å². The number of rotatable bonds is 9. The minimum Gasteiger partial charge on any atom is -0.495 e. The summed E-state index contributed by atoms with van der Waals surface area (Å²) in [7, 11) is 0. The van der Waals surface area contributed by atoms with Gasteiger partial charge in [0.2, 0.25) is 0 Å². The predicted molar refractivity (Wildman–Crippen MR) is 123 cm³/mol. The zero-order valence-electron chi connectivity index (χ0n) is 19.0. The van der Waals surface area contributed by atoms with Crippen molar-refractivity contribution in [2.75, 3.05) is 18.0 Å². The Hall–Kier alpha value is -2.93. The number of hydrogen-bond donors (Lipinski definition) is 1. The summed E-state index contributed by atoms with van der Waals surface area (Å²) in [5.41, 5.74) is 1.36. The Morgan fingerprint density at radius 2 is 1.76 bits per heavy atom. The van der Waals surface area contributed by atoms with Crippen LogP contribution in [0.3, 0.4) is 0 Å². The van der Waals surface area contributed by atoms with Gasteiger partial charge in [-0.25, -0.2) is 0 Å². The molecule has 2 aromatic carbocycles. The lowest BCUT2D eigenvalue weighted by molar-refractivity contribution is -0.200. The third-order valence-corrected chi connectivity index (χ3v) is 5.23. The van der Waals surface area contributed by atoms with Crippen molar-refractivity contribution < 1.29 is 27.8 Å². The number of hydrogen-bond acceptors (Lipinski definition) is 4. The van der Waals surface area contributed by atoms with E-state index < -0.39 is 18.8 Å². The van der Waals surface area contributed by atoms with Gasteiger partial charge in [0.05, 0.1) is 18.4 Å². The summed E-state index contributed by atoms with van der Waals surface area (Å²) < 4.78 is 51.3. The van der Waals surface area contributed by atoms with Crippen LogP contribution in [0.25, 0.3) is 0 Å². The molecule has 0 aromatic heterocycles. The Morgan fingerprint density at radius 1 is 1.06 bits per heavy atom. The SMILES string of the molecule is CC(C)OC1=CC(CN(CC(O)C(F)(F)F)c2cccc(Oc3ccccc3)c2)=CCC1C. The highest BCUT2D eigenvalue weighted by atomic mass is 19.4. The highest BCUT2D eigenvalue weighted by Gasteiger charge is 2.39. The van der Waals surface area contributed by atoms with E-state index in [1.807, 2.05) is 44.2 Å². The van der Waals surface area contributed by atoms with Gasteiger partial charge >= 0.3 is 6.18 Å². The zero-order valence-corrected chi connectivity index (χ0v) is 19.0. The van der Waals surface area contributed by atoms with Crippen LogP contribution in [0.1, 0.15) is 27.2 Å². The lowest BCUT2D eigenvalue weighted by Gasteiger charge is -2.30. The quantitative estimate of drug-likeness (QED) is 0.464. The molecule has 0 bridgehead atoms. The molecule has 3 rings (SSSR count). The lowest BCUT2D eigenvalue weighted by Crippen LogP contribution is -2.42. The summed E-state index contributed by atoms with van der Waals surface area (Å²) in [4.78, 5) is 1.52. The van der Waals surface area contributed by atoms with Crippen LogP contribution < -0.4 is 9.64 Å². The molecule has 0 spiro atoms. The average Bonchev–Trinajstić information content (AvgIpc) is 2.75. The molecule has 33 heavy (non-hydrogen) atoms. The molecule has 2 atom stereocenters. The largest absolute Gasteiger partial charge is 0.495 e. The van der Waals surface area contributed by atoms with Crippen LogP contribution in [0.5, 0.6) is 11.5 Å². The van der Waals surface area contributed by atoms with Gasteiger partial charge in [0.15, 0.2) is 6.10 Å². The summed E-state index contributed by atoms with van der Waals surface area (Å²) in [6.07, 6.45) is -2.54. The smallest absolute Gasteiger partial charge is 0.416 e. The predicted octanol–water partition coefficient (Wildman–Crippen LogP) is 6.48. The van der Waals surface area contributed by atoms with Gasteiger partial charge in [0, 0.05) is 24.2 Å². The maximum Gasteiger partial charge on any atom is 0.416 e. The first-order valence-electron chi connectivity index (χ1n) is 11.0. The summed E-state index contributed by atoms with van der Waals surface area (Å²) in [5.74, 6) is 2.14. The van der Waals surface area contributed by atoms with Crippen molar-refractivity contribution in [2.45, 2.75) is 45.6 Å². The molecular weight excluding hydrogens is 431 g/mol. The minimum atomic E-state index is -4.71. The van der Waals surface area contributed by atoms with Crippen LogP contribution in [0.4, 0.5) is 18.9 Å². The fraction of sp³-hybridized carbons (Fsp3) is 0.385. The molecule has 4 nitrogen and oxygen atoms in total. The second kappa shape index (κ2) is 10.8. The third-order valence-electron chi connectivity index (χ3n) is 5.23. The topological polar surface area (TPSA) is 41.9 Å². The van der Waals surface area contributed by atoms with E-state index in [1.54, 1.807) is 36.4 Å². The number of benzene rings is 2. The van der Waals surface area contributed by atoms with Gasteiger partial charge in [-0.3, -0.25) is 0 Å². The van der Waals surface area contributed by atoms with Crippen LogP contribution in [0.2, 0.25) is 0 Å². The molecule has 178 valence electrons. The zero-order chi connectivity index (χ0) is 24.0. The van der Waals surface area contributed by atoms with Crippen LogP contribution in [-0.2, 0) is 4.74 Å². The minimum absolute atomic E-state index is 0.00743. The van der Waals surface area contributed by atoms with Crippen molar-refractivity contribution >= 4 is 5.69 Å². The monoisotopic (exact) mass is 461 g/mol. The van der Waals surface area contributed by atoms with E-state index in [0.717, 1.165) is 17.8 Å². The van der Waals surface area contributed by atoms with Crippen molar-refractivity contribution in [1.29, 1.82) is 0 Å². The van der Waals surface area contributed by atoms with Crippen molar-refractivity contribution in [3.05, 3.63) is 78.1 Å². The van der Waals surface area contributed by atoms with E-state index in [1.165, 1.54) is 4.90 Å². The molecule has 0 saturated carbocycles. The van der Waals surface area contributed by atoms with Gasteiger partial charge in [-0.05, 0) is 56.2 Å². The Labute approximate surface area is 192 Å². The first-order chi connectivity index (χ1) is 15.6. The molecule has 0 aliphatic heterocycles. The van der Waals surface area contributed by atoms with Crippen molar-refractivity contribution in [1.82, 2.24) is 0 Å². The fourth-order valence-corrected chi connectivity index (χ4v) is 3.52. The highest BCUT2D eigenvalue weighted by Crippen LogP contribution is 2.31. The van der Waals surface area contributed by atoms with Crippen molar-refractivity contribution in [2.24, 2.45) is 5.92 Å². The molecule has 0 radical (unpaired) electrons. The second-order valence-electron chi connectivity index (χ2n) is 8.48. The highest BCUT2D eigenvalue weighted by molar-refractivity contribution is 5.53. The summed E-state index contributed by atoms with van der Waals surface area (Å²) in [6.45, 7) is 5.53. The number of nitrogens with zero attached hydrogens (tertiary/aromatic N) is 1. The Kier molecular flexibility index (Phi) is 8.08. The van der Waals surface area contributed by atoms with E-state index in [0.29, 0.717) is 17.2 Å². The Morgan fingerprint density at radius 3 is 2.42 bits per heavy atom. The standard InChI is InChI=1S/C26H30F3NO3/c1-18(2)32-24-14-20(13-12-19(24)3)16-30(17-25(31)26(27,28)29)21-8-7-11-23(15-21)33-22-9-5-4-6-10-22/h4-11,13-15,18-19,25,31H,12,16-17H2,1-3H3. The van der Waals surface area contributed by atoms with Gasteiger partial charge < -0.3 is 19.5 Å². The molecular formula is C26H30F3NO3. The van der Waals surface area contributed by atoms with Crippen molar-refractivity contribution in [3.8, 4) is 11.5 Å². The molecule has 1 aliphatic rings. The molecule has 1 aliphatic carbocycles. The number of para-hydroxylation sites is 1. The van der Waals surface area contributed by atoms with E-state index in [2.05, 4.69) is 6.92 Å². The van der Waals surface area contributed by atoms with Crippen LogP contribution >= 0.6 is 0 Å². The van der Waals surface area contributed by atoms with Crippen LogP contribution in [-0.4, -0.2) is 36.6 Å². The third kappa shape index (κ3) is 7.29. The van der Waals surface area contributed by atoms with Crippen LogP contribution in [0, 0.1) is 5.92 Å². The number of anilines is 1.